The molecular weight excluding hydrogens is 394 g/mol. The lowest BCUT2D eigenvalue weighted by Crippen LogP contribution is -2.34. The van der Waals surface area contributed by atoms with Crippen molar-refractivity contribution in [1.29, 1.82) is 0 Å². The number of nitro groups is 1. The summed E-state index contributed by atoms with van der Waals surface area (Å²) in [6.07, 6.45) is 1.49. The molecule has 136 valence electrons. The third-order valence-electron chi connectivity index (χ3n) is 3.68. The first-order chi connectivity index (χ1) is 11.9. The van der Waals surface area contributed by atoms with Crippen molar-refractivity contribution in [2.45, 2.75) is 20.4 Å². The van der Waals surface area contributed by atoms with Crippen LogP contribution in [0.5, 0.6) is 0 Å². The molecule has 10 heteroatoms. The summed E-state index contributed by atoms with van der Waals surface area (Å²) in [5.74, 6) is 0.140. The fourth-order valence-corrected chi connectivity index (χ4v) is 2.75. The van der Waals surface area contributed by atoms with Crippen LogP contribution in [-0.2, 0) is 6.54 Å². The molecule has 0 aliphatic heterocycles. The van der Waals surface area contributed by atoms with Crippen LogP contribution >= 0.6 is 15.9 Å². The average molecular weight is 414 g/mol. The van der Waals surface area contributed by atoms with Gasteiger partial charge in [-0.05, 0) is 46.1 Å². The van der Waals surface area contributed by atoms with Gasteiger partial charge in [-0.3, -0.25) is 4.79 Å². The van der Waals surface area contributed by atoms with Crippen LogP contribution in [0.25, 0.3) is 0 Å². The van der Waals surface area contributed by atoms with E-state index in [1.165, 1.54) is 10.9 Å². The molecule has 0 aliphatic carbocycles. The molecule has 1 N–H and O–H groups in total. The topological polar surface area (TPSA) is 106 Å². The molecule has 0 atom stereocenters. The molecule has 25 heavy (non-hydrogen) atoms. The van der Waals surface area contributed by atoms with E-state index in [-0.39, 0.29) is 24.0 Å². The highest BCUT2D eigenvalue weighted by Gasteiger charge is 2.20. The van der Waals surface area contributed by atoms with Gasteiger partial charge in [0.05, 0.1) is 11.3 Å². The Hall–Kier alpha value is -2.20. The average Bonchev–Trinajstić information content (AvgIpc) is 3.18. The zero-order chi connectivity index (χ0) is 18.4. The van der Waals surface area contributed by atoms with Crippen molar-refractivity contribution in [3.63, 3.8) is 0 Å². The van der Waals surface area contributed by atoms with Gasteiger partial charge in [-0.25, -0.2) is 0 Å². The summed E-state index contributed by atoms with van der Waals surface area (Å²) in [6, 6.07) is 3.23. The SMILES string of the molecule is CCN(CC)CCNC(=O)c1ccc(Cn2cc(Br)c([N+](=O)[O-])n2)o1. The van der Waals surface area contributed by atoms with Crippen LogP contribution in [0.2, 0.25) is 0 Å². The van der Waals surface area contributed by atoms with Crippen molar-refractivity contribution >= 4 is 27.7 Å². The van der Waals surface area contributed by atoms with Crippen molar-refractivity contribution in [3.05, 3.63) is 44.4 Å². The van der Waals surface area contributed by atoms with Gasteiger partial charge in [0, 0.05) is 13.1 Å². The Morgan fingerprint density at radius 1 is 1.44 bits per heavy atom. The number of hydrogen-bond acceptors (Lipinski definition) is 6. The van der Waals surface area contributed by atoms with E-state index in [9.17, 15) is 14.9 Å². The first kappa shape index (κ1) is 19.1. The highest BCUT2D eigenvalue weighted by atomic mass is 79.9. The van der Waals surface area contributed by atoms with Gasteiger partial charge in [0.25, 0.3) is 5.91 Å². The van der Waals surface area contributed by atoms with Gasteiger partial charge in [-0.2, -0.15) is 4.68 Å². The largest absolute Gasteiger partial charge is 0.454 e. The van der Waals surface area contributed by atoms with E-state index >= 15 is 0 Å². The molecule has 0 spiro atoms. The maximum absolute atomic E-state index is 12.1. The lowest BCUT2D eigenvalue weighted by Gasteiger charge is -2.17. The van der Waals surface area contributed by atoms with Gasteiger partial charge in [0.1, 0.15) is 16.8 Å². The Kier molecular flexibility index (Phi) is 6.71. The maximum atomic E-state index is 12.1. The minimum absolute atomic E-state index is 0.194. The molecule has 2 aromatic heterocycles. The zero-order valence-electron chi connectivity index (χ0n) is 14.1. The second-order valence-corrected chi connectivity index (χ2v) is 6.16. The summed E-state index contributed by atoms with van der Waals surface area (Å²) in [5.41, 5.74) is 0. The highest BCUT2D eigenvalue weighted by Crippen LogP contribution is 2.22. The molecule has 2 rings (SSSR count). The Morgan fingerprint density at radius 2 is 2.16 bits per heavy atom. The van der Waals surface area contributed by atoms with E-state index in [0.717, 1.165) is 19.6 Å². The van der Waals surface area contributed by atoms with E-state index in [1.54, 1.807) is 12.1 Å². The van der Waals surface area contributed by atoms with E-state index in [2.05, 4.69) is 45.1 Å². The maximum Gasteiger partial charge on any atom is 0.404 e. The van der Waals surface area contributed by atoms with Crippen molar-refractivity contribution in [2.24, 2.45) is 0 Å². The number of halogens is 1. The van der Waals surface area contributed by atoms with Crippen LogP contribution in [0.4, 0.5) is 5.82 Å². The first-order valence-electron chi connectivity index (χ1n) is 7.91. The smallest absolute Gasteiger partial charge is 0.404 e. The normalized spacial score (nSPS) is 11.0. The Balaban J connectivity index is 1.92. The minimum Gasteiger partial charge on any atom is -0.454 e. The molecule has 0 saturated heterocycles. The summed E-state index contributed by atoms with van der Waals surface area (Å²) in [5, 5.41) is 17.5. The van der Waals surface area contributed by atoms with Crippen LogP contribution < -0.4 is 5.32 Å². The number of rotatable bonds is 9. The van der Waals surface area contributed by atoms with Crippen LogP contribution in [0.15, 0.2) is 27.2 Å². The van der Waals surface area contributed by atoms with Crippen LogP contribution in [0.3, 0.4) is 0 Å². The molecule has 2 aromatic rings. The second-order valence-electron chi connectivity index (χ2n) is 5.30. The number of carbonyl (C=O) groups is 1. The number of furan rings is 1. The molecule has 0 bridgehead atoms. The van der Waals surface area contributed by atoms with Crippen molar-refractivity contribution in [3.8, 4) is 0 Å². The van der Waals surface area contributed by atoms with Gasteiger partial charge in [-0.1, -0.05) is 13.8 Å². The summed E-state index contributed by atoms with van der Waals surface area (Å²) in [6.45, 7) is 7.52. The Bertz CT molecular complexity index is 738. The Morgan fingerprint density at radius 3 is 2.76 bits per heavy atom. The van der Waals surface area contributed by atoms with Gasteiger partial charge >= 0.3 is 5.82 Å². The third kappa shape index (κ3) is 5.13. The van der Waals surface area contributed by atoms with E-state index in [1.807, 2.05) is 0 Å². The van der Waals surface area contributed by atoms with E-state index in [0.29, 0.717) is 16.8 Å². The van der Waals surface area contributed by atoms with Gasteiger partial charge < -0.3 is 24.7 Å². The van der Waals surface area contributed by atoms with Gasteiger partial charge in [-0.15, -0.1) is 0 Å². The zero-order valence-corrected chi connectivity index (χ0v) is 15.7. The Labute approximate surface area is 153 Å². The standard InChI is InChI=1S/C15H20BrN5O4/c1-3-19(4-2)8-7-17-15(22)13-6-5-11(25-13)9-20-10-12(16)14(18-20)21(23)24/h5-6,10H,3-4,7-9H2,1-2H3,(H,17,22). The monoisotopic (exact) mass is 413 g/mol. The molecule has 2 heterocycles. The van der Waals surface area contributed by atoms with Gasteiger partial charge in [0.2, 0.25) is 0 Å². The predicted octanol–water partition coefficient (Wildman–Crippen LogP) is 2.27. The molecule has 9 nitrogen and oxygen atoms in total. The fraction of sp³-hybridized carbons (Fsp3) is 0.467. The summed E-state index contributed by atoms with van der Waals surface area (Å²) in [4.78, 5) is 24.5. The number of nitrogens with one attached hydrogen (secondary N) is 1. The van der Waals surface area contributed by atoms with Crippen LogP contribution in [0, 0.1) is 10.1 Å². The lowest BCUT2D eigenvalue weighted by molar-refractivity contribution is -0.390. The summed E-state index contributed by atoms with van der Waals surface area (Å²) < 4.78 is 7.17. The number of nitrogens with zero attached hydrogens (tertiary/aromatic N) is 4. The molecule has 0 saturated carbocycles. The number of amides is 1. The molecule has 0 fully saturated rings. The quantitative estimate of drug-likeness (QED) is 0.499. The molecule has 0 aliphatic rings. The highest BCUT2D eigenvalue weighted by molar-refractivity contribution is 9.10. The van der Waals surface area contributed by atoms with E-state index in [4.69, 9.17) is 4.42 Å². The van der Waals surface area contributed by atoms with Crippen LogP contribution in [-0.4, -0.2) is 51.7 Å². The van der Waals surface area contributed by atoms with Crippen molar-refractivity contribution in [2.75, 3.05) is 26.2 Å². The van der Waals surface area contributed by atoms with Crippen molar-refractivity contribution in [1.82, 2.24) is 20.0 Å². The second kappa shape index (κ2) is 8.77. The van der Waals surface area contributed by atoms with Crippen molar-refractivity contribution < 1.29 is 14.1 Å². The molecular formula is C15H20BrN5O4. The molecule has 0 unspecified atom stereocenters. The van der Waals surface area contributed by atoms with E-state index < -0.39 is 4.92 Å². The number of aromatic nitrogens is 2. The molecule has 0 aromatic carbocycles. The molecule has 0 radical (unpaired) electrons. The van der Waals surface area contributed by atoms with Crippen LogP contribution in [0.1, 0.15) is 30.2 Å². The predicted molar refractivity (Wildman–Crippen MR) is 94.5 cm³/mol. The van der Waals surface area contributed by atoms with Gasteiger partial charge in [0.15, 0.2) is 5.76 Å². The number of likely N-dealkylation sites (N-methyl/N-ethyl adjacent to an activating group) is 1. The minimum atomic E-state index is -0.572. The number of hydrogen-bond donors (Lipinski definition) is 1. The lowest BCUT2D eigenvalue weighted by atomic mass is 10.4. The summed E-state index contributed by atoms with van der Waals surface area (Å²) in [7, 11) is 0. The summed E-state index contributed by atoms with van der Waals surface area (Å²) >= 11 is 3.09. The molecule has 1 amide bonds. The third-order valence-corrected chi connectivity index (χ3v) is 4.24. The number of carbonyl (C=O) groups excluding carboxylic acids is 1. The fourth-order valence-electron chi connectivity index (χ4n) is 2.29. The first-order valence-corrected chi connectivity index (χ1v) is 8.70.